The number of halogens is 1. The van der Waals surface area contributed by atoms with Crippen molar-refractivity contribution in [1.29, 1.82) is 0 Å². The van der Waals surface area contributed by atoms with E-state index in [1.54, 1.807) is 13.0 Å². The normalized spacial score (nSPS) is 11.2. The Hall–Kier alpha value is -1.38. The summed E-state index contributed by atoms with van der Waals surface area (Å²) in [5, 5.41) is 0. The van der Waals surface area contributed by atoms with E-state index in [4.69, 9.17) is 0 Å². The zero-order valence-corrected chi connectivity index (χ0v) is 12.7. The Morgan fingerprint density at radius 2 is 1.84 bits per heavy atom. The predicted molar refractivity (Wildman–Crippen MR) is 78.5 cm³/mol. The number of aryl methyl sites for hydroxylation is 1. The van der Waals surface area contributed by atoms with Gasteiger partial charge in [0.2, 0.25) is 0 Å². The molecular weight excluding hydrogens is 241 g/mol. The Labute approximate surface area is 115 Å². The molecule has 0 saturated heterocycles. The van der Waals surface area contributed by atoms with Crippen LogP contribution < -0.4 is 4.90 Å². The lowest BCUT2D eigenvalue weighted by atomic mass is 10.0. The number of rotatable bonds is 5. The van der Waals surface area contributed by atoms with Gasteiger partial charge in [-0.1, -0.05) is 13.8 Å². The molecule has 0 atom stereocenters. The molecule has 0 spiro atoms. The maximum Gasteiger partial charge on any atom is 0.161 e. The molecule has 0 fully saturated rings. The van der Waals surface area contributed by atoms with Crippen LogP contribution in [0.25, 0.3) is 0 Å². The van der Waals surface area contributed by atoms with Crippen LogP contribution in [0.4, 0.5) is 10.1 Å². The highest BCUT2D eigenvalue weighted by molar-refractivity contribution is 6.00. The highest BCUT2D eigenvalue weighted by Gasteiger charge is 2.19. The zero-order chi connectivity index (χ0) is 14.7. The van der Waals surface area contributed by atoms with E-state index in [1.165, 1.54) is 13.0 Å². The Bertz CT molecular complexity index is 466. The van der Waals surface area contributed by atoms with Gasteiger partial charge in [-0.25, -0.2) is 4.39 Å². The highest BCUT2D eigenvalue weighted by Crippen LogP contribution is 2.27. The van der Waals surface area contributed by atoms with Crippen LogP contribution in [0.1, 0.15) is 50.5 Å². The van der Waals surface area contributed by atoms with Crippen molar-refractivity contribution in [3.05, 3.63) is 29.1 Å². The number of ketones is 1. The largest absolute Gasteiger partial charge is 0.368 e. The molecule has 1 aromatic rings. The van der Waals surface area contributed by atoms with E-state index in [9.17, 15) is 9.18 Å². The molecule has 0 radical (unpaired) electrons. The first-order valence-corrected chi connectivity index (χ1v) is 6.81. The highest BCUT2D eigenvalue weighted by atomic mass is 19.1. The average Bonchev–Trinajstić information content (AvgIpc) is 2.28. The molecular formula is C16H24FNO. The first-order valence-electron chi connectivity index (χ1n) is 6.81. The van der Waals surface area contributed by atoms with E-state index >= 15 is 0 Å². The van der Waals surface area contributed by atoms with E-state index in [1.807, 2.05) is 0 Å². The standard InChI is InChI=1S/C16H24FNO/c1-10(2)9-18(11(3)4)16-7-12(5)15(17)8-14(16)13(6)19/h7-8,10-11H,9H2,1-6H3. The maximum atomic E-state index is 13.7. The molecule has 0 aliphatic heterocycles. The number of carbonyl (C=O) groups is 1. The van der Waals surface area contributed by atoms with Gasteiger partial charge in [-0.05, 0) is 51.3 Å². The van der Waals surface area contributed by atoms with E-state index in [-0.39, 0.29) is 17.6 Å². The summed E-state index contributed by atoms with van der Waals surface area (Å²) >= 11 is 0. The quantitative estimate of drug-likeness (QED) is 0.743. The summed E-state index contributed by atoms with van der Waals surface area (Å²) in [6.07, 6.45) is 0. The molecule has 0 amide bonds. The van der Waals surface area contributed by atoms with Gasteiger partial charge in [-0.3, -0.25) is 4.79 Å². The molecule has 0 N–H and O–H groups in total. The molecule has 0 unspecified atom stereocenters. The van der Waals surface area contributed by atoms with Crippen LogP contribution in [0, 0.1) is 18.7 Å². The topological polar surface area (TPSA) is 20.3 Å². The monoisotopic (exact) mass is 265 g/mol. The molecule has 0 aliphatic carbocycles. The molecule has 0 aliphatic rings. The molecule has 1 rings (SSSR count). The Balaban J connectivity index is 3.35. The van der Waals surface area contributed by atoms with Crippen molar-refractivity contribution in [2.75, 3.05) is 11.4 Å². The fourth-order valence-corrected chi connectivity index (χ4v) is 2.17. The number of anilines is 1. The van der Waals surface area contributed by atoms with Gasteiger partial charge in [0.1, 0.15) is 5.82 Å². The number of carbonyl (C=O) groups excluding carboxylic acids is 1. The van der Waals surface area contributed by atoms with E-state index in [2.05, 4.69) is 32.6 Å². The number of benzene rings is 1. The maximum absolute atomic E-state index is 13.7. The average molecular weight is 265 g/mol. The fraction of sp³-hybridized carbons (Fsp3) is 0.562. The van der Waals surface area contributed by atoms with Crippen LogP contribution in [0.3, 0.4) is 0 Å². The van der Waals surface area contributed by atoms with Crippen LogP contribution in [-0.2, 0) is 0 Å². The smallest absolute Gasteiger partial charge is 0.161 e. The Morgan fingerprint density at radius 1 is 1.26 bits per heavy atom. The lowest BCUT2D eigenvalue weighted by Gasteiger charge is -2.32. The summed E-state index contributed by atoms with van der Waals surface area (Å²) in [5.41, 5.74) is 1.89. The molecule has 2 nitrogen and oxygen atoms in total. The minimum absolute atomic E-state index is 0.0942. The van der Waals surface area contributed by atoms with Gasteiger partial charge in [0.15, 0.2) is 5.78 Å². The number of hydrogen-bond acceptors (Lipinski definition) is 2. The first-order chi connectivity index (χ1) is 8.73. The van der Waals surface area contributed by atoms with Crippen molar-refractivity contribution in [2.24, 2.45) is 5.92 Å². The molecule has 19 heavy (non-hydrogen) atoms. The second kappa shape index (κ2) is 6.18. The molecule has 3 heteroatoms. The number of Topliss-reactive ketones (excluding diaryl/α,β-unsaturated/α-hetero) is 1. The summed E-state index contributed by atoms with van der Waals surface area (Å²) in [6, 6.07) is 3.42. The zero-order valence-electron chi connectivity index (χ0n) is 12.7. The SMILES string of the molecule is CC(=O)c1cc(F)c(C)cc1N(CC(C)C)C(C)C. The Kier molecular flexibility index (Phi) is 5.10. The first kappa shape index (κ1) is 15.7. The van der Waals surface area contributed by atoms with Crippen LogP contribution in [0.5, 0.6) is 0 Å². The van der Waals surface area contributed by atoms with Crippen LogP contribution in [0.15, 0.2) is 12.1 Å². The van der Waals surface area contributed by atoms with Gasteiger partial charge in [0.05, 0.1) is 0 Å². The minimum Gasteiger partial charge on any atom is -0.368 e. The van der Waals surface area contributed by atoms with E-state index in [0.717, 1.165) is 12.2 Å². The van der Waals surface area contributed by atoms with Crippen LogP contribution in [-0.4, -0.2) is 18.4 Å². The lowest BCUT2D eigenvalue weighted by Crippen LogP contribution is -2.35. The second-order valence-corrected chi connectivity index (χ2v) is 5.81. The van der Waals surface area contributed by atoms with E-state index < -0.39 is 0 Å². The van der Waals surface area contributed by atoms with Crippen molar-refractivity contribution in [3.63, 3.8) is 0 Å². The van der Waals surface area contributed by atoms with Crippen molar-refractivity contribution in [3.8, 4) is 0 Å². The second-order valence-electron chi connectivity index (χ2n) is 5.81. The summed E-state index contributed by atoms with van der Waals surface area (Å²) in [5.74, 6) is 0.0677. The van der Waals surface area contributed by atoms with Crippen molar-refractivity contribution < 1.29 is 9.18 Å². The Morgan fingerprint density at radius 3 is 2.26 bits per heavy atom. The van der Waals surface area contributed by atoms with Crippen molar-refractivity contribution in [1.82, 2.24) is 0 Å². The van der Waals surface area contributed by atoms with Gasteiger partial charge in [0, 0.05) is 23.8 Å². The fourth-order valence-electron chi connectivity index (χ4n) is 2.17. The third kappa shape index (κ3) is 3.79. The molecule has 0 aromatic heterocycles. The van der Waals surface area contributed by atoms with Crippen LogP contribution >= 0.6 is 0 Å². The van der Waals surface area contributed by atoms with Gasteiger partial charge < -0.3 is 4.90 Å². The minimum atomic E-state index is -0.317. The summed E-state index contributed by atoms with van der Waals surface area (Å²) in [7, 11) is 0. The van der Waals surface area contributed by atoms with Gasteiger partial charge in [-0.2, -0.15) is 0 Å². The van der Waals surface area contributed by atoms with Gasteiger partial charge in [0.25, 0.3) is 0 Å². The third-order valence-corrected chi connectivity index (χ3v) is 3.15. The summed E-state index contributed by atoms with van der Waals surface area (Å²) in [6.45, 7) is 12.5. The molecule has 0 saturated carbocycles. The van der Waals surface area contributed by atoms with E-state index in [0.29, 0.717) is 17.0 Å². The molecule has 0 bridgehead atoms. The van der Waals surface area contributed by atoms with Gasteiger partial charge in [-0.15, -0.1) is 0 Å². The molecule has 1 aromatic carbocycles. The number of hydrogen-bond donors (Lipinski definition) is 0. The molecule has 106 valence electrons. The summed E-state index contributed by atoms with van der Waals surface area (Å²) in [4.78, 5) is 13.9. The van der Waals surface area contributed by atoms with Crippen LogP contribution in [0.2, 0.25) is 0 Å². The van der Waals surface area contributed by atoms with Crippen molar-refractivity contribution >= 4 is 11.5 Å². The lowest BCUT2D eigenvalue weighted by molar-refractivity contribution is 0.101. The predicted octanol–water partition coefficient (Wildman–Crippen LogP) is 4.21. The number of nitrogens with zero attached hydrogens (tertiary/aromatic N) is 1. The van der Waals surface area contributed by atoms with Gasteiger partial charge >= 0.3 is 0 Å². The van der Waals surface area contributed by atoms with Crippen molar-refractivity contribution in [2.45, 2.75) is 47.6 Å². The summed E-state index contributed by atoms with van der Waals surface area (Å²) < 4.78 is 13.7. The third-order valence-electron chi connectivity index (χ3n) is 3.15. The molecule has 0 heterocycles.